The van der Waals surface area contributed by atoms with Crippen LogP contribution in [0.5, 0.6) is 0 Å². The van der Waals surface area contributed by atoms with Crippen molar-refractivity contribution in [3.05, 3.63) is 51.7 Å². The molecule has 2 rings (SSSR count). The third kappa shape index (κ3) is 2.10. The van der Waals surface area contributed by atoms with Crippen LogP contribution in [0.15, 0.2) is 29.6 Å². The molecule has 0 unspecified atom stereocenters. The van der Waals surface area contributed by atoms with Crippen LogP contribution in [0, 0.1) is 12.7 Å². The van der Waals surface area contributed by atoms with E-state index in [0.29, 0.717) is 11.3 Å². The van der Waals surface area contributed by atoms with Crippen LogP contribution in [0.3, 0.4) is 0 Å². The standard InChI is InChI=1S/C11H8FNOS/c1-7-13-10(6-15-7)11(14)8-3-2-4-9(12)5-8/h2-6H,1H3. The fourth-order valence-corrected chi connectivity index (χ4v) is 1.84. The van der Waals surface area contributed by atoms with Crippen molar-refractivity contribution in [1.82, 2.24) is 4.98 Å². The van der Waals surface area contributed by atoms with Gasteiger partial charge in [0.15, 0.2) is 0 Å². The molecule has 0 aliphatic heterocycles. The Morgan fingerprint density at radius 1 is 1.47 bits per heavy atom. The van der Waals surface area contributed by atoms with Crippen LogP contribution in [0.4, 0.5) is 4.39 Å². The number of ketones is 1. The maximum absolute atomic E-state index is 12.9. The van der Waals surface area contributed by atoms with E-state index < -0.39 is 5.82 Å². The number of carbonyl (C=O) groups is 1. The molecule has 2 nitrogen and oxygen atoms in total. The van der Waals surface area contributed by atoms with E-state index in [0.717, 1.165) is 5.01 Å². The van der Waals surface area contributed by atoms with Crippen molar-refractivity contribution in [3.8, 4) is 0 Å². The van der Waals surface area contributed by atoms with Crippen molar-refractivity contribution in [2.45, 2.75) is 6.92 Å². The van der Waals surface area contributed by atoms with Gasteiger partial charge in [0.05, 0.1) is 5.01 Å². The van der Waals surface area contributed by atoms with Crippen LogP contribution < -0.4 is 0 Å². The zero-order valence-electron chi connectivity index (χ0n) is 8.03. The summed E-state index contributed by atoms with van der Waals surface area (Å²) in [7, 11) is 0. The average molecular weight is 221 g/mol. The van der Waals surface area contributed by atoms with Gasteiger partial charge < -0.3 is 0 Å². The maximum atomic E-state index is 12.9. The van der Waals surface area contributed by atoms with E-state index in [9.17, 15) is 9.18 Å². The smallest absolute Gasteiger partial charge is 0.212 e. The van der Waals surface area contributed by atoms with Crippen molar-refractivity contribution in [3.63, 3.8) is 0 Å². The molecule has 15 heavy (non-hydrogen) atoms. The fourth-order valence-electron chi connectivity index (χ4n) is 1.25. The van der Waals surface area contributed by atoms with Gasteiger partial charge in [-0.25, -0.2) is 9.37 Å². The quantitative estimate of drug-likeness (QED) is 0.730. The molecular weight excluding hydrogens is 213 g/mol. The lowest BCUT2D eigenvalue weighted by Gasteiger charge is -1.96. The minimum absolute atomic E-state index is 0.237. The topological polar surface area (TPSA) is 30.0 Å². The SMILES string of the molecule is Cc1nc(C(=O)c2cccc(F)c2)cs1. The van der Waals surface area contributed by atoms with Gasteiger partial charge in [0, 0.05) is 10.9 Å². The van der Waals surface area contributed by atoms with Crippen LogP contribution >= 0.6 is 11.3 Å². The molecule has 0 bridgehead atoms. The molecule has 0 aliphatic rings. The summed E-state index contributed by atoms with van der Waals surface area (Å²) in [5.74, 6) is -0.647. The lowest BCUT2D eigenvalue weighted by Crippen LogP contribution is -2.01. The summed E-state index contributed by atoms with van der Waals surface area (Å²) in [4.78, 5) is 15.9. The van der Waals surface area contributed by atoms with Crippen molar-refractivity contribution < 1.29 is 9.18 Å². The Labute approximate surface area is 90.4 Å². The largest absolute Gasteiger partial charge is 0.287 e. The lowest BCUT2D eigenvalue weighted by molar-refractivity contribution is 0.103. The highest BCUT2D eigenvalue weighted by atomic mass is 32.1. The second-order valence-corrected chi connectivity index (χ2v) is 4.15. The van der Waals surface area contributed by atoms with E-state index in [1.165, 1.54) is 29.5 Å². The number of carbonyl (C=O) groups excluding carboxylic acids is 1. The van der Waals surface area contributed by atoms with Gasteiger partial charge in [0.1, 0.15) is 11.5 Å². The number of nitrogens with zero attached hydrogens (tertiary/aromatic N) is 1. The zero-order chi connectivity index (χ0) is 10.8. The number of thiazole rings is 1. The van der Waals surface area contributed by atoms with Crippen molar-refractivity contribution in [2.75, 3.05) is 0 Å². The molecule has 0 fully saturated rings. The van der Waals surface area contributed by atoms with Crippen LogP contribution in [0.2, 0.25) is 0 Å². The predicted molar refractivity (Wildman–Crippen MR) is 56.7 cm³/mol. The van der Waals surface area contributed by atoms with Crippen LogP contribution in [0.1, 0.15) is 21.1 Å². The van der Waals surface area contributed by atoms with E-state index in [1.807, 2.05) is 6.92 Å². The maximum Gasteiger partial charge on any atom is 0.212 e. The van der Waals surface area contributed by atoms with Gasteiger partial charge in [-0.05, 0) is 19.1 Å². The Bertz CT molecular complexity index is 507. The van der Waals surface area contributed by atoms with Gasteiger partial charge in [-0.2, -0.15) is 0 Å². The predicted octanol–water partition coefficient (Wildman–Crippen LogP) is 2.82. The average Bonchev–Trinajstić information content (AvgIpc) is 2.64. The number of aromatic nitrogens is 1. The number of rotatable bonds is 2. The van der Waals surface area contributed by atoms with Gasteiger partial charge in [0.2, 0.25) is 5.78 Å². The number of halogens is 1. The first-order chi connectivity index (χ1) is 7.16. The van der Waals surface area contributed by atoms with E-state index in [1.54, 1.807) is 11.4 Å². The Morgan fingerprint density at radius 2 is 2.27 bits per heavy atom. The fraction of sp³-hybridized carbons (Fsp3) is 0.0909. The molecule has 0 saturated carbocycles. The first kappa shape index (κ1) is 9.98. The molecule has 2 aromatic rings. The Morgan fingerprint density at radius 3 is 2.87 bits per heavy atom. The highest BCUT2D eigenvalue weighted by molar-refractivity contribution is 7.09. The van der Waals surface area contributed by atoms with Gasteiger partial charge in [-0.1, -0.05) is 12.1 Å². The Kier molecular flexibility index (Phi) is 2.60. The summed E-state index contributed by atoms with van der Waals surface area (Å²) in [5, 5.41) is 2.51. The summed E-state index contributed by atoms with van der Waals surface area (Å²) in [5.41, 5.74) is 0.711. The molecule has 0 radical (unpaired) electrons. The van der Waals surface area contributed by atoms with Crippen LogP contribution in [-0.2, 0) is 0 Å². The lowest BCUT2D eigenvalue weighted by atomic mass is 10.1. The first-order valence-corrected chi connectivity index (χ1v) is 5.27. The number of hydrogen-bond acceptors (Lipinski definition) is 3. The van der Waals surface area contributed by atoms with Crippen LogP contribution in [0.25, 0.3) is 0 Å². The number of benzene rings is 1. The second-order valence-electron chi connectivity index (χ2n) is 3.09. The minimum atomic E-state index is -0.409. The van der Waals surface area contributed by atoms with Gasteiger partial charge in [-0.3, -0.25) is 4.79 Å². The molecule has 1 aromatic carbocycles. The van der Waals surface area contributed by atoms with Crippen LogP contribution in [-0.4, -0.2) is 10.8 Å². The minimum Gasteiger partial charge on any atom is -0.287 e. The molecule has 0 saturated heterocycles. The summed E-state index contributed by atoms with van der Waals surface area (Å²) in [6, 6.07) is 5.63. The molecule has 4 heteroatoms. The van der Waals surface area contributed by atoms with Crippen molar-refractivity contribution in [2.24, 2.45) is 0 Å². The van der Waals surface area contributed by atoms with Gasteiger partial charge in [0.25, 0.3) is 0 Å². The highest BCUT2D eigenvalue weighted by Gasteiger charge is 2.12. The summed E-state index contributed by atoms with van der Waals surface area (Å²) in [6.45, 7) is 1.83. The first-order valence-electron chi connectivity index (χ1n) is 4.39. The molecule has 0 N–H and O–H groups in total. The molecular formula is C11H8FNOS. The third-order valence-corrected chi connectivity index (χ3v) is 2.71. The monoisotopic (exact) mass is 221 g/mol. The van der Waals surface area contributed by atoms with E-state index in [2.05, 4.69) is 4.98 Å². The Hall–Kier alpha value is -1.55. The third-order valence-electron chi connectivity index (χ3n) is 1.94. The molecule has 0 aliphatic carbocycles. The van der Waals surface area contributed by atoms with Gasteiger partial charge in [-0.15, -0.1) is 11.3 Å². The van der Waals surface area contributed by atoms with Gasteiger partial charge >= 0.3 is 0 Å². The zero-order valence-corrected chi connectivity index (χ0v) is 8.84. The molecule has 1 heterocycles. The molecule has 76 valence electrons. The van der Waals surface area contributed by atoms with Crippen molar-refractivity contribution >= 4 is 17.1 Å². The molecule has 0 atom stereocenters. The van der Waals surface area contributed by atoms with E-state index in [-0.39, 0.29) is 5.78 Å². The highest BCUT2D eigenvalue weighted by Crippen LogP contribution is 2.13. The second kappa shape index (κ2) is 3.90. The van der Waals surface area contributed by atoms with E-state index in [4.69, 9.17) is 0 Å². The summed E-state index contributed by atoms with van der Waals surface area (Å²) >= 11 is 1.41. The molecule has 0 spiro atoms. The van der Waals surface area contributed by atoms with Crippen molar-refractivity contribution in [1.29, 1.82) is 0 Å². The van der Waals surface area contributed by atoms with E-state index >= 15 is 0 Å². The normalized spacial score (nSPS) is 10.3. The molecule has 1 aromatic heterocycles. The number of aryl methyl sites for hydroxylation is 1. The summed E-state index contributed by atoms with van der Waals surface area (Å²) < 4.78 is 12.9. The number of hydrogen-bond donors (Lipinski definition) is 0. The Balaban J connectivity index is 2.36. The summed E-state index contributed by atoms with van der Waals surface area (Å²) in [6.07, 6.45) is 0. The molecule has 0 amide bonds.